The van der Waals surface area contributed by atoms with E-state index >= 15 is 0 Å². The third-order valence-corrected chi connectivity index (χ3v) is 9.17. The van der Waals surface area contributed by atoms with Crippen LogP contribution in [-0.2, 0) is 5.41 Å². The summed E-state index contributed by atoms with van der Waals surface area (Å²) < 4.78 is 2.66. The molecular formula is C31H27NS2. The number of thiophene rings is 2. The molecule has 0 amide bonds. The first-order valence-electron chi connectivity index (χ1n) is 11.7. The van der Waals surface area contributed by atoms with Gasteiger partial charge in [-0.1, -0.05) is 57.2 Å². The molecule has 3 heterocycles. The first kappa shape index (κ1) is 21.5. The molecule has 0 saturated carbocycles. The quantitative estimate of drug-likeness (QED) is 0.242. The Morgan fingerprint density at radius 1 is 0.824 bits per heavy atom. The highest BCUT2D eigenvalue weighted by Crippen LogP contribution is 2.46. The normalized spacial score (nSPS) is 12.3. The topological polar surface area (TPSA) is 12.9 Å². The van der Waals surface area contributed by atoms with Crippen molar-refractivity contribution < 1.29 is 0 Å². The third-order valence-electron chi connectivity index (χ3n) is 6.81. The van der Waals surface area contributed by atoms with E-state index in [0.29, 0.717) is 0 Å². The van der Waals surface area contributed by atoms with Crippen LogP contribution >= 0.6 is 22.7 Å². The van der Waals surface area contributed by atoms with E-state index in [1.54, 1.807) is 0 Å². The standard InChI is InChI=1S/C31H27NS2/c1-18-17-33-25-12-8-11-23(27(18)25)30-19(2)28-26(34-30)13-14-32-29(28)21-15-20-9-6-7-10-22(20)24(16-21)31(3,4)5/h6-17H,1-5H3. The Kier molecular flexibility index (Phi) is 4.91. The van der Waals surface area contributed by atoms with Crippen LogP contribution in [0.5, 0.6) is 0 Å². The lowest BCUT2D eigenvalue weighted by Crippen LogP contribution is -2.12. The molecule has 0 bridgehead atoms. The lowest BCUT2D eigenvalue weighted by molar-refractivity contribution is 0.596. The molecule has 0 aliphatic rings. The van der Waals surface area contributed by atoms with Gasteiger partial charge in [-0.3, -0.25) is 4.98 Å². The molecule has 168 valence electrons. The zero-order chi connectivity index (χ0) is 23.6. The minimum atomic E-state index is 0.0461. The summed E-state index contributed by atoms with van der Waals surface area (Å²) in [4.78, 5) is 6.31. The average molecular weight is 478 g/mol. The highest BCUT2D eigenvalue weighted by molar-refractivity contribution is 7.23. The number of hydrogen-bond acceptors (Lipinski definition) is 3. The average Bonchev–Trinajstić information content (AvgIpc) is 3.37. The maximum atomic E-state index is 4.95. The molecule has 0 aliphatic carbocycles. The molecule has 3 aromatic heterocycles. The molecule has 6 rings (SSSR count). The predicted octanol–water partition coefficient (Wildman–Crippen LogP) is 9.91. The molecule has 3 heteroatoms. The summed E-state index contributed by atoms with van der Waals surface area (Å²) in [5, 5.41) is 7.54. The number of nitrogens with zero attached hydrogens (tertiary/aromatic N) is 1. The molecule has 0 fully saturated rings. The lowest BCUT2D eigenvalue weighted by atomic mass is 9.82. The van der Waals surface area contributed by atoms with Crippen LogP contribution in [0.2, 0.25) is 0 Å². The largest absolute Gasteiger partial charge is 0.256 e. The fourth-order valence-electron chi connectivity index (χ4n) is 5.17. The summed E-state index contributed by atoms with van der Waals surface area (Å²) in [5.74, 6) is 0. The van der Waals surface area contributed by atoms with Gasteiger partial charge in [-0.05, 0) is 76.4 Å². The molecule has 0 aliphatic heterocycles. The van der Waals surface area contributed by atoms with Crippen molar-refractivity contribution >= 4 is 53.6 Å². The van der Waals surface area contributed by atoms with Crippen LogP contribution in [-0.4, -0.2) is 4.98 Å². The molecular weight excluding hydrogens is 450 g/mol. The van der Waals surface area contributed by atoms with E-state index in [4.69, 9.17) is 4.98 Å². The van der Waals surface area contributed by atoms with E-state index in [0.717, 1.165) is 5.69 Å². The van der Waals surface area contributed by atoms with E-state index in [2.05, 4.69) is 101 Å². The van der Waals surface area contributed by atoms with Crippen molar-refractivity contribution in [2.45, 2.75) is 40.0 Å². The van der Waals surface area contributed by atoms with Crippen LogP contribution in [0, 0.1) is 13.8 Å². The summed E-state index contributed by atoms with van der Waals surface area (Å²) >= 11 is 3.72. The van der Waals surface area contributed by atoms with Gasteiger partial charge in [-0.25, -0.2) is 0 Å². The molecule has 3 aromatic carbocycles. The molecule has 0 N–H and O–H groups in total. The Bertz CT molecular complexity index is 1710. The Hall–Kier alpha value is -3.01. The van der Waals surface area contributed by atoms with Gasteiger partial charge in [0.1, 0.15) is 0 Å². The zero-order valence-electron chi connectivity index (χ0n) is 20.2. The fourth-order valence-corrected chi connectivity index (χ4v) is 7.37. The third kappa shape index (κ3) is 3.30. The van der Waals surface area contributed by atoms with Crippen LogP contribution in [0.1, 0.15) is 37.5 Å². The molecule has 1 nitrogen and oxygen atoms in total. The number of pyridine rings is 1. The maximum Gasteiger partial charge on any atom is 0.0791 e. The van der Waals surface area contributed by atoms with E-state index in [1.807, 2.05) is 28.9 Å². The Morgan fingerprint density at radius 2 is 1.65 bits per heavy atom. The second-order valence-corrected chi connectivity index (χ2v) is 12.1. The molecule has 0 spiro atoms. The van der Waals surface area contributed by atoms with Crippen LogP contribution < -0.4 is 0 Å². The van der Waals surface area contributed by atoms with E-state index < -0.39 is 0 Å². The van der Waals surface area contributed by atoms with Gasteiger partial charge in [-0.15, -0.1) is 22.7 Å². The van der Waals surface area contributed by atoms with Crippen molar-refractivity contribution in [3.05, 3.63) is 88.9 Å². The molecule has 0 unspecified atom stereocenters. The molecule has 6 aromatic rings. The molecule has 0 atom stereocenters. The van der Waals surface area contributed by atoms with Crippen molar-refractivity contribution in [2.75, 3.05) is 0 Å². The number of fused-ring (bicyclic) bond motifs is 3. The van der Waals surface area contributed by atoms with Gasteiger partial charge in [0.05, 0.1) is 5.69 Å². The van der Waals surface area contributed by atoms with Crippen LogP contribution in [0.4, 0.5) is 0 Å². The fraction of sp³-hybridized carbons (Fsp3) is 0.194. The van der Waals surface area contributed by atoms with Crippen LogP contribution in [0.3, 0.4) is 0 Å². The van der Waals surface area contributed by atoms with Crippen molar-refractivity contribution in [3.63, 3.8) is 0 Å². The smallest absolute Gasteiger partial charge is 0.0791 e. The Morgan fingerprint density at radius 3 is 2.47 bits per heavy atom. The van der Waals surface area contributed by atoms with Crippen molar-refractivity contribution in [2.24, 2.45) is 0 Å². The minimum absolute atomic E-state index is 0.0461. The molecule has 34 heavy (non-hydrogen) atoms. The molecule has 0 radical (unpaired) electrons. The van der Waals surface area contributed by atoms with E-state index in [1.165, 1.54) is 63.6 Å². The predicted molar refractivity (Wildman–Crippen MR) is 152 cm³/mol. The van der Waals surface area contributed by atoms with Gasteiger partial charge in [0.15, 0.2) is 0 Å². The maximum absolute atomic E-state index is 4.95. The summed E-state index contributed by atoms with van der Waals surface area (Å²) in [6, 6.07) is 22.3. The highest BCUT2D eigenvalue weighted by Gasteiger charge is 2.21. The SMILES string of the molecule is Cc1csc2cccc(-c3sc4ccnc(-c5cc(C(C)(C)C)c6ccccc6c5)c4c3C)c12. The van der Waals surface area contributed by atoms with Gasteiger partial charge in [0.25, 0.3) is 0 Å². The summed E-state index contributed by atoms with van der Waals surface area (Å²) in [6.07, 6.45) is 1.97. The first-order chi connectivity index (χ1) is 16.3. The van der Waals surface area contributed by atoms with E-state index in [-0.39, 0.29) is 5.41 Å². The van der Waals surface area contributed by atoms with Crippen LogP contribution in [0.15, 0.2) is 72.2 Å². The summed E-state index contributed by atoms with van der Waals surface area (Å²) in [6.45, 7) is 11.4. The van der Waals surface area contributed by atoms with Crippen molar-refractivity contribution in [1.29, 1.82) is 0 Å². The minimum Gasteiger partial charge on any atom is -0.256 e. The highest BCUT2D eigenvalue weighted by atomic mass is 32.1. The summed E-state index contributed by atoms with van der Waals surface area (Å²) in [7, 11) is 0. The van der Waals surface area contributed by atoms with Gasteiger partial charge in [0, 0.05) is 42.4 Å². The first-order valence-corrected chi connectivity index (χ1v) is 13.4. The zero-order valence-corrected chi connectivity index (χ0v) is 21.8. The van der Waals surface area contributed by atoms with E-state index in [9.17, 15) is 0 Å². The second-order valence-electron chi connectivity index (χ2n) is 10.2. The second kappa shape index (κ2) is 7.76. The van der Waals surface area contributed by atoms with Gasteiger partial charge < -0.3 is 0 Å². The lowest BCUT2D eigenvalue weighted by Gasteiger charge is -2.23. The monoisotopic (exact) mass is 477 g/mol. The number of aryl methyl sites for hydroxylation is 2. The number of aromatic nitrogens is 1. The van der Waals surface area contributed by atoms with Crippen molar-refractivity contribution in [1.82, 2.24) is 4.98 Å². The van der Waals surface area contributed by atoms with Crippen LogP contribution in [0.25, 0.3) is 52.6 Å². The van der Waals surface area contributed by atoms with Crippen molar-refractivity contribution in [3.8, 4) is 21.7 Å². The number of benzene rings is 3. The molecule has 0 saturated heterocycles. The van der Waals surface area contributed by atoms with Gasteiger partial charge in [0.2, 0.25) is 0 Å². The number of hydrogen-bond donors (Lipinski definition) is 0. The number of rotatable bonds is 2. The summed E-state index contributed by atoms with van der Waals surface area (Å²) in [5.41, 5.74) is 7.72. The van der Waals surface area contributed by atoms with Gasteiger partial charge in [-0.2, -0.15) is 0 Å². The Balaban J connectivity index is 1.64. The van der Waals surface area contributed by atoms with Gasteiger partial charge >= 0.3 is 0 Å². The Labute approximate surface area is 208 Å².